The number of carbonyl (C=O) groups is 1. The lowest BCUT2D eigenvalue weighted by Crippen LogP contribution is -2.05. The number of nitro groups is 1. The fourth-order valence-corrected chi connectivity index (χ4v) is 1.59. The number of halogens is 2. The molecule has 5 nitrogen and oxygen atoms in total. The van der Waals surface area contributed by atoms with Crippen molar-refractivity contribution < 1.29 is 14.8 Å². The van der Waals surface area contributed by atoms with E-state index >= 15 is 0 Å². The predicted molar refractivity (Wildman–Crippen MR) is 54.5 cm³/mol. The van der Waals surface area contributed by atoms with Gasteiger partial charge >= 0.3 is 5.97 Å². The molecule has 1 aromatic rings. The van der Waals surface area contributed by atoms with E-state index in [4.69, 9.17) is 28.3 Å². The topological polar surface area (TPSA) is 80.4 Å². The van der Waals surface area contributed by atoms with Gasteiger partial charge in [0.2, 0.25) is 0 Å². The third-order valence-electron chi connectivity index (χ3n) is 1.73. The van der Waals surface area contributed by atoms with Crippen LogP contribution in [0.15, 0.2) is 18.2 Å². The van der Waals surface area contributed by atoms with Crippen molar-refractivity contribution in [3.63, 3.8) is 0 Å². The molecule has 0 fully saturated rings. The molecule has 0 radical (unpaired) electrons. The Balaban J connectivity index is 3.48. The molecule has 15 heavy (non-hydrogen) atoms. The smallest absolute Gasteiger partial charge is 0.336 e. The standard InChI is InChI=1S/C8H5Cl2NO4/c9-7(10)6-4(8(12)13)2-1-3-5(6)11(14)15/h1-3,7H,(H,12,13). The molecule has 0 aliphatic heterocycles. The Bertz CT molecular complexity index is 387. The van der Waals surface area contributed by atoms with Gasteiger partial charge in [-0.2, -0.15) is 0 Å². The van der Waals surface area contributed by atoms with Crippen molar-refractivity contribution in [2.45, 2.75) is 4.84 Å². The van der Waals surface area contributed by atoms with E-state index in [2.05, 4.69) is 0 Å². The third kappa shape index (κ3) is 2.37. The highest BCUT2D eigenvalue weighted by atomic mass is 35.5. The molecule has 0 spiro atoms. The van der Waals surface area contributed by atoms with Crippen LogP contribution in [0.2, 0.25) is 0 Å². The van der Waals surface area contributed by atoms with Gasteiger partial charge in [0.15, 0.2) is 0 Å². The molecule has 0 unspecified atom stereocenters. The summed E-state index contributed by atoms with van der Waals surface area (Å²) in [6.07, 6.45) is 0. The third-order valence-corrected chi connectivity index (χ3v) is 2.16. The van der Waals surface area contributed by atoms with E-state index in [1.165, 1.54) is 12.1 Å². The minimum atomic E-state index is -1.31. The zero-order valence-corrected chi connectivity index (χ0v) is 8.70. The second-order valence-corrected chi connectivity index (χ2v) is 3.70. The van der Waals surface area contributed by atoms with Crippen LogP contribution in [0.5, 0.6) is 0 Å². The zero-order chi connectivity index (χ0) is 11.6. The fourth-order valence-electron chi connectivity index (χ4n) is 1.13. The molecule has 0 amide bonds. The number of benzene rings is 1. The van der Waals surface area contributed by atoms with Crippen molar-refractivity contribution in [1.29, 1.82) is 0 Å². The highest BCUT2D eigenvalue weighted by Crippen LogP contribution is 2.35. The molecule has 0 aliphatic carbocycles. The molecule has 0 saturated carbocycles. The lowest BCUT2D eigenvalue weighted by Gasteiger charge is -2.06. The average molecular weight is 250 g/mol. The van der Waals surface area contributed by atoms with Gasteiger partial charge in [-0.05, 0) is 6.07 Å². The highest BCUT2D eigenvalue weighted by molar-refractivity contribution is 6.44. The van der Waals surface area contributed by atoms with Gasteiger partial charge < -0.3 is 5.11 Å². The summed E-state index contributed by atoms with van der Waals surface area (Å²) in [6.45, 7) is 0. The van der Waals surface area contributed by atoms with Crippen LogP contribution in [0.25, 0.3) is 0 Å². The first kappa shape index (κ1) is 11.7. The summed E-state index contributed by atoms with van der Waals surface area (Å²) in [6, 6.07) is 3.63. The van der Waals surface area contributed by atoms with Crippen LogP contribution in [-0.2, 0) is 0 Å². The maximum Gasteiger partial charge on any atom is 0.336 e. The van der Waals surface area contributed by atoms with Crippen LogP contribution in [-0.4, -0.2) is 16.0 Å². The van der Waals surface area contributed by atoms with Crippen LogP contribution in [0.4, 0.5) is 5.69 Å². The first-order valence-corrected chi connectivity index (χ1v) is 4.61. The largest absolute Gasteiger partial charge is 0.478 e. The van der Waals surface area contributed by atoms with Crippen LogP contribution < -0.4 is 0 Å². The van der Waals surface area contributed by atoms with Gasteiger partial charge in [-0.25, -0.2) is 4.79 Å². The molecule has 0 aliphatic rings. The Labute approximate surface area is 94.4 Å². The van der Waals surface area contributed by atoms with Crippen molar-refractivity contribution in [1.82, 2.24) is 0 Å². The van der Waals surface area contributed by atoms with Gasteiger partial charge in [0.25, 0.3) is 5.69 Å². The van der Waals surface area contributed by atoms with E-state index < -0.39 is 21.4 Å². The van der Waals surface area contributed by atoms with Crippen molar-refractivity contribution in [2.75, 3.05) is 0 Å². The molecule has 0 aromatic heterocycles. The molecule has 1 rings (SSSR count). The molecule has 0 heterocycles. The molecule has 0 saturated heterocycles. The van der Waals surface area contributed by atoms with E-state index in [1.807, 2.05) is 0 Å². The number of carboxylic acids is 1. The lowest BCUT2D eigenvalue weighted by atomic mass is 10.1. The molecule has 1 N–H and O–H groups in total. The van der Waals surface area contributed by atoms with E-state index in [9.17, 15) is 14.9 Å². The zero-order valence-electron chi connectivity index (χ0n) is 7.18. The Morgan fingerprint density at radius 2 is 2.07 bits per heavy atom. The van der Waals surface area contributed by atoms with Gasteiger partial charge in [-0.3, -0.25) is 10.1 Å². The molecular weight excluding hydrogens is 245 g/mol. The molecule has 0 atom stereocenters. The van der Waals surface area contributed by atoms with Crippen LogP contribution in [0, 0.1) is 10.1 Å². The summed E-state index contributed by atoms with van der Waals surface area (Å²) >= 11 is 11.0. The summed E-state index contributed by atoms with van der Waals surface area (Å²) in [7, 11) is 0. The first-order valence-electron chi connectivity index (χ1n) is 3.74. The minimum absolute atomic E-state index is 0.196. The number of hydrogen-bond donors (Lipinski definition) is 1. The Morgan fingerprint density at radius 1 is 1.47 bits per heavy atom. The molecule has 1 aromatic carbocycles. The van der Waals surface area contributed by atoms with E-state index in [-0.39, 0.29) is 11.1 Å². The monoisotopic (exact) mass is 249 g/mol. The first-order chi connectivity index (χ1) is 6.95. The number of hydrogen-bond acceptors (Lipinski definition) is 3. The fraction of sp³-hybridized carbons (Fsp3) is 0.125. The maximum atomic E-state index is 10.8. The van der Waals surface area contributed by atoms with E-state index in [0.29, 0.717) is 0 Å². The quantitative estimate of drug-likeness (QED) is 0.508. The summed E-state index contributed by atoms with van der Waals surface area (Å²) in [5, 5.41) is 19.4. The normalized spacial score (nSPS) is 10.3. The maximum absolute atomic E-state index is 10.8. The van der Waals surface area contributed by atoms with Gasteiger partial charge in [0, 0.05) is 6.07 Å². The Morgan fingerprint density at radius 3 is 2.47 bits per heavy atom. The van der Waals surface area contributed by atoms with Crippen molar-refractivity contribution in [3.05, 3.63) is 39.4 Å². The Hall–Kier alpha value is -1.33. The summed E-state index contributed by atoms with van der Waals surface area (Å²) in [5.74, 6) is -1.31. The Kier molecular flexibility index (Phi) is 3.49. The SMILES string of the molecule is O=C(O)c1cccc([N+](=O)[O-])c1C(Cl)Cl. The lowest BCUT2D eigenvalue weighted by molar-refractivity contribution is -0.385. The van der Waals surface area contributed by atoms with Crippen LogP contribution in [0.3, 0.4) is 0 Å². The summed E-state index contributed by atoms with van der Waals surface area (Å²) in [5.41, 5.74) is -0.859. The van der Waals surface area contributed by atoms with Crippen LogP contribution >= 0.6 is 23.2 Å². The summed E-state index contributed by atoms with van der Waals surface area (Å²) in [4.78, 5) is 19.4. The number of alkyl halides is 2. The van der Waals surface area contributed by atoms with Gasteiger partial charge in [-0.1, -0.05) is 29.3 Å². The van der Waals surface area contributed by atoms with Gasteiger partial charge in [0.05, 0.1) is 16.1 Å². The minimum Gasteiger partial charge on any atom is -0.478 e. The molecule has 0 bridgehead atoms. The van der Waals surface area contributed by atoms with Gasteiger partial charge in [0.1, 0.15) is 4.84 Å². The van der Waals surface area contributed by atoms with Crippen molar-refractivity contribution in [2.24, 2.45) is 0 Å². The highest BCUT2D eigenvalue weighted by Gasteiger charge is 2.25. The van der Waals surface area contributed by atoms with Crippen LogP contribution in [0.1, 0.15) is 20.8 Å². The van der Waals surface area contributed by atoms with E-state index in [1.54, 1.807) is 0 Å². The number of nitrogens with zero attached hydrogens (tertiary/aromatic N) is 1. The number of nitro benzene ring substituents is 1. The number of aromatic carboxylic acids is 1. The van der Waals surface area contributed by atoms with E-state index in [0.717, 1.165) is 6.07 Å². The van der Waals surface area contributed by atoms with Crippen molar-refractivity contribution >= 4 is 34.9 Å². The summed E-state index contributed by atoms with van der Waals surface area (Å²) < 4.78 is 0. The number of rotatable bonds is 3. The van der Waals surface area contributed by atoms with Gasteiger partial charge in [-0.15, -0.1) is 0 Å². The van der Waals surface area contributed by atoms with Crippen molar-refractivity contribution in [3.8, 4) is 0 Å². The molecular formula is C8H5Cl2NO4. The second-order valence-electron chi connectivity index (χ2n) is 2.60. The second kappa shape index (κ2) is 4.46. The molecule has 7 heteroatoms. The number of carboxylic acid groups (broad SMARTS) is 1. The molecule has 80 valence electrons. The average Bonchev–Trinajstić information content (AvgIpc) is 2.16. The predicted octanol–water partition coefficient (Wildman–Crippen LogP) is 2.77.